The number of halogens is 1. The molecule has 1 heterocycles. The standard InChI is InChI=1S/C5H9FO5/c6-11-5-4(9)3(8)2(1-7)10-5/h2-5,7-9H,1H2/t2-,3-,4+,5?/m0/s1. The van der Waals surface area contributed by atoms with E-state index in [9.17, 15) is 4.53 Å². The molecule has 0 aromatic rings. The van der Waals surface area contributed by atoms with E-state index >= 15 is 0 Å². The number of rotatable bonds is 2. The fraction of sp³-hybridized carbons (Fsp3) is 1.00. The summed E-state index contributed by atoms with van der Waals surface area (Å²) < 4.78 is 16.0. The summed E-state index contributed by atoms with van der Waals surface area (Å²) >= 11 is 0. The van der Waals surface area contributed by atoms with Gasteiger partial charge in [-0.1, -0.05) is 0 Å². The van der Waals surface area contributed by atoms with Gasteiger partial charge in [0.2, 0.25) is 6.29 Å². The average Bonchev–Trinajstić information content (AvgIpc) is 2.30. The van der Waals surface area contributed by atoms with Crippen LogP contribution < -0.4 is 0 Å². The van der Waals surface area contributed by atoms with Gasteiger partial charge in [-0.2, -0.15) is 4.94 Å². The summed E-state index contributed by atoms with van der Waals surface area (Å²) in [4.78, 5) is 3.18. The minimum atomic E-state index is -1.50. The highest BCUT2D eigenvalue weighted by atomic mass is 19.3. The van der Waals surface area contributed by atoms with E-state index in [1.54, 1.807) is 0 Å². The van der Waals surface area contributed by atoms with Crippen molar-refractivity contribution in [2.75, 3.05) is 6.61 Å². The van der Waals surface area contributed by atoms with Crippen molar-refractivity contribution in [2.24, 2.45) is 0 Å². The SMILES string of the molecule is OC[C@@H]1OC(OF)[C@H](O)[C@H]1O. The third-order valence-corrected chi connectivity index (χ3v) is 1.59. The van der Waals surface area contributed by atoms with Gasteiger partial charge < -0.3 is 20.1 Å². The highest BCUT2D eigenvalue weighted by Crippen LogP contribution is 2.21. The molecule has 0 aromatic heterocycles. The number of aliphatic hydroxyl groups excluding tert-OH is 3. The Kier molecular flexibility index (Phi) is 2.74. The van der Waals surface area contributed by atoms with Crippen LogP contribution in [-0.2, 0) is 9.68 Å². The molecule has 0 bridgehead atoms. The van der Waals surface area contributed by atoms with Crippen molar-refractivity contribution < 1.29 is 29.5 Å². The van der Waals surface area contributed by atoms with Gasteiger partial charge in [0.1, 0.15) is 18.3 Å². The van der Waals surface area contributed by atoms with Gasteiger partial charge in [0.05, 0.1) is 6.61 Å². The van der Waals surface area contributed by atoms with Gasteiger partial charge in [-0.05, 0) is 4.53 Å². The summed E-state index contributed by atoms with van der Waals surface area (Å²) in [6.45, 7) is -0.488. The van der Waals surface area contributed by atoms with Gasteiger partial charge >= 0.3 is 0 Å². The van der Waals surface area contributed by atoms with Crippen LogP contribution in [0.5, 0.6) is 0 Å². The quantitative estimate of drug-likeness (QED) is 0.459. The molecule has 1 unspecified atom stereocenters. The minimum absolute atomic E-state index is 0.488. The second-order valence-corrected chi connectivity index (χ2v) is 2.30. The summed E-state index contributed by atoms with van der Waals surface area (Å²) in [5, 5.41) is 26.4. The molecule has 0 aliphatic carbocycles. The van der Waals surface area contributed by atoms with Gasteiger partial charge in [0.15, 0.2) is 0 Å². The zero-order chi connectivity index (χ0) is 8.43. The highest BCUT2D eigenvalue weighted by molar-refractivity contribution is 4.85. The van der Waals surface area contributed by atoms with Gasteiger partial charge in [0, 0.05) is 0 Å². The van der Waals surface area contributed by atoms with Crippen molar-refractivity contribution in [1.82, 2.24) is 0 Å². The van der Waals surface area contributed by atoms with Crippen LogP contribution >= 0.6 is 0 Å². The molecule has 1 saturated heterocycles. The van der Waals surface area contributed by atoms with Crippen LogP contribution in [0.3, 0.4) is 0 Å². The molecule has 66 valence electrons. The van der Waals surface area contributed by atoms with Crippen LogP contribution in [-0.4, -0.2) is 46.5 Å². The maximum absolute atomic E-state index is 11.5. The molecule has 1 fully saturated rings. The number of hydrogen-bond donors (Lipinski definition) is 3. The molecule has 3 N–H and O–H groups in total. The van der Waals surface area contributed by atoms with E-state index in [2.05, 4.69) is 9.68 Å². The maximum Gasteiger partial charge on any atom is 0.225 e. The Bertz CT molecular complexity index is 114. The number of aliphatic hydroxyl groups is 3. The first kappa shape index (κ1) is 8.82. The molecule has 4 atom stereocenters. The zero-order valence-corrected chi connectivity index (χ0v) is 5.55. The predicted octanol–water partition coefficient (Wildman–Crippen LogP) is -1.67. The number of hydrogen-bond acceptors (Lipinski definition) is 5. The van der Waals surface area contributed by atoms with Gasteiger partial charge in [-0.25, -0.2) is 0 Å². The van der Waals surface area contributed by atoms with Crippen LogP contribution in [0.15, 0.2) is 0 Å². The average molecular weight is 168 g/mol. The van der Waals surface area contributed by atoms with E-state index in [0.717, 1.165) is 0 Å². The first-order chi connectivity index (χ1) is 5.20. The molecule has 0 amide bonds. The van der Waals surface area contributed by atoms with Gasteiger partial charge in [0.25, 0.3) is 0 Å². The van der Waals surface area contributed by atoms with E-state index in [4.69, 9.17) is 15.3 Å². The smallest absolute Gasteiger partial charge is 0.225 e. The summed E-state index contributed by atoms with van der Waals surface area (Å²) in [6, 6.07) is 0. The van der Waals surface area contributed by atoms with Gasteiger partial charge in [-0.3, -0.25) is 0 Å². The molecule has 1 rings (SSSR count). The van der Waals surface area contributed by atoms with Crippen molar-refractivity contribution in [3.8, 4) is 0 Å². The predicted molar refractivity (Wildman–Crippen MR) is 30.0 cm³/mol. The first-order valence-corrected chi connectivity index (χ1v) is 3.10. The summed E-state index contributed by atoms with van der Waals surface area (Å²) in [5.41, 5.74) is 0. The third-order valence-electron chi connectivity index (χ3n) is 1.59. The lowest BCUT2D eigenvalue weighted by Gasteiger charge is -2.09. The monoisotopic (exact) mass is 168 g/mol. The Hall–Kier alpha value is -0.270. The third kappa shape index (κ3) is 1.49. The van der Waals surface area contributed by atoms with E-state index in [0.29, 0.717) is 0 Å². The summed E-state index contributed by atoms with van der Waals surface area (Å²) in [6.07, 6.45) is -5.23. The Morgan fingerprint density at radius 2 is 2.00 bits per heavy atom. The van der Waals surface area contributed by atoms with Crippen molar-refractivity contribution in [3.63, 3.8) is 0 Å². The molecule has 0 spiro atoms. The largest absolute Gasteiger partial charge is 0.394 e. The van der Waals surface area contributed by atoms with Gasteiger partial charge in [-0.15, -0.1) is 0 Å². The molecule has 0 radical (unpaired) electrons. The topological polar surface area (TPSA) is 79.2 Å². The molecule has 1 aliphatic rings. The fourth-order valence-electron chi connectivity index (χ4n) is 0.939. The minimum Gasteiger partial charge on any atom is -0.394 e. The van der Waals surface area contributed by atoms with Crippen molar-refractivity contribution >= 4 is 0 Å². The van der Waals surface area contributed by atoms with Crippen LogP contribution in [0.2, 0.25) is 0 Å². The van der Waals surface area contributed by atoms with Crippen LogP contribution in [0, 0.1) is 0 Å². The molecule has 1 aliphatic heterocycles. The highest BCUT2D eigenvalue weighted by Gasteiger charge is 2.43. The number of ether oxygens (including phenoxy) is 1. The van der Waals surface area contributed by atoms with E-state index in [-0.39, 0.29) is 0 Å². The molecule has 0 aromatic carbocycles. The van der Waals surface area contributed by atoms with Crippen LogP contribution in [0.25, 0.3) is 0 Å². The van der Waals surface area contributed by atoms with Crippen LogP contribution in [0.1, 0.15) is 0 Å². The Balaban J connectivity index is 2.53. The molecule has 6 heteroatoms. The Morgan fingerprint density at radius 1 is 1.36 bits per heavy atom. The van der Waals surface area contributed by atoms with Crippen LogP contribution in [0.4, 0.5) is 4.53 Å². The lowest BCUT2D eigenvalue weighted by atomic mass is 10.1. The Labute approximate surface area is 61.9 Å². The lowest BCUT2D eigenvalue weighted by Crippen LogP contribution is -2.33. The second-order valence-electron chi connectivity index (χ2n) is 2.30. The van der Waals surface area contributed by atoms with Crippen molar-refractivity contribution in [2.45, 2.75) is 24.6 Å². The Morgan fingerprint density at radius 3 is 2.27 bits per heavy atom. The van der Waals surface area contributed by atoms with E-state index < -0.39 is 31.2 Å². The van der Waals surface area contributed by atoms with Crippen molar-refractivity contribution in [3.05, 3.63) is 0 Å². The molecular formula is C5H9FO5. The van der Waals surface area contributed by atoms with E-state index in [1.807, 2.05) is 0 Å². The fourth-order valence-corrected chi connectivity index (χ4v) is 0.939. The maximum atomic E-state index is 11.5. The lowest BCUT2D eigenvalue weighted by molar-refractivity contribution is -0.287. The van der Waals surface area contributed by atoms with Crippen molar-refractivity contribution in [1.29, 1.82) is 0 Å². The first-order valence-electron chi connectivity index (χ1n) is 3.10. The summed E-state index contributed by atoms with van der Waals surface area (Å²) in [5.74, 6) is 0. The normalized spacial score (nSPS) is 44.7. The van der Waals surface area contributed by atoms with E-state index in [1.165, 1.54) is 0 Å². The second kappa shape index (κ2) is 3.42. The molecule has 11 heavy (non-hydrogen) atoms. The molecular weight excluding hydrogens is 159 g/mol. The molecule has 5 nitrogen and oxygen atoms in total. The molecule has 0 saturated carbocycles. The summed E-state index contributed by atoms with van der Waals surface area (Å²) in [7, 11) is 0. The zero-order valence-electron chi connectivity index (χ0n) is 5.55.